The van der Waals surface area contributed by atoms with Crippen molar-refractivity contribution in [2.45, 2.75) is 26.4 Å². The highest BCUT2D eigenvalue weighted by atomic mass is 32.1. The molecule has 1 atom stereocenters. The van der Waals surface area contributed by atoms with Crippen molar-refractivity contribution in [3.05, 3.63) is 35.4 Å². The van der Waals surface area contributed by atoms with Crippen LogP contribution in [0.3, 0.4) is 0 Å². The van der Waals surface area contributed by atoms with Gasteiger partial charge in [0.05, 0.1) is 0 Å². The Morgan fingerprint density at radius 2 is 2.15 bits per heavy atom. The monoisotopic (exact) mass is 375 g/mol. The third-order valence-corrected chi connectivity index (χ3v) is 5.60. The number of piperazine rings is 1. The van der Waals surface area contributed by atoms with Crippen molar-refractivity contribution in [1.82, 2.24) is 14.4 Å². The normalized spacial score (nSPS) is 17.7. The molecular weight excluding hydrogens is 350 g/mol. The van der Waals surface area contributed by atoms with Gasteiger partial charge in [0.2, 0.25) is 5.91 Å². The van der Waals surface area contributed by atoms with Crippen LogP contribution < -0.4 is 0 Å². The maximum atomic E-state index is 13.2. The molecule has 2 aromatic rings. The van der Waals surface area contributed by atoms with Crippen molar-refractivity contribution in [2.75, 3.05) is 33.4 Å². The van der Waals surface area contributed by atoms with Gasteiger partial charge in [-0.1, -0.05) is 12.2 Å². The Balaban J connectivity index is 1.80. The van der Waals surface area contributed by atoms with Crippen molar-refractivity contribution < 1.29 is 14.3 Å². The number of amides is 2. The number of ether oxygens (including phenoxy) is 1. The molecule has 2 amide bonds. The molecule has 3 heterocycles. The highest BCUT2D eigenvalue weighted by Gasteiger charge is 2.31. The molecule has 26 heavy (non-hydrogen) atoms. The molecule has 2 aromatic heterocycles. The van der Waals surface area contributed by atoms with Crippen LogP contribution in [0.15, 0.2) is 29.7 Å². The van der Waals surface area contributed by atoms with Crippen molar-refractivity contribution in [1.29, 1.82) is 0 Å². The number of rotatable bonds is 5. The molecular formula is C19H25N3O3S. The molecule has 1 fully saturated rings. The van der Waals surface area contributed by atoms with Crippen molar-refractivity contribution in [2.24, 2.45) is 0 Å². The molecule has 7 heteroatoms. The molecule has 1 aliphatic heterocycles. The van der Waals surface area contributed by atoms with Gasteiger partial charge in [-0.15, -0.1) is 11.3 Å². The van der Waals surface area contributed by atoms with E-state index >= 15 is 0 Å². The number of fused-ring (bicyclic) bond motifs is 1. The Kier molecular flexibility index (Phi) is 5.48. The summed E-state index contributed by atoms with van der Waals surface area (Å²) in [6, 6.07) is 3.97. The average molecular weight is 375 g/mol. The van der Waals surface area contributed by atoms with Gasteiger partial charge in [0, 0.05) is 44.7 Å². The summed E-state index contributed by atoms with van der Waals surface area (Å²) in [4.78, 5) is 30.0. The third-order valence-electron chi connectivity index (χ3n) is 4.65. The van der Waals surface area contributed by atoms with Gasteiger partial charge in [-0.3, -0.25) is 9.59 Å². The van der Waals surface area contributed by atoms with Crippen molar-refractivity contribution >= 4 is 33.4 Å². The Hall–Kier alpha value is -2.12. The zero-order valence-corrected chi connectivity index (χ0v) is 16.3. The molecule has 0 unspecified atom stereocenters. The van der Waals surface area contributed by atoms with Crippen LogP contribution in [0.25, 0.3) is 10.2 Å². The molecule has 1 aliphatic rings. The molecule has 0 N–H and O–H groups in total. The Labute approximate surface area is 157 Å². The zero-order valence-electron chi connectivity index (χ0n) is 15.5. The summed E-state index contributed by atoms with van der Waals surface area (Å²) in [5.41, 5.74) is 1.70. The molecule has 1 saturated heterocycles. The van der Waals surface area contributed by atoms with E-state index in [1.807, 2.05) is 36.3 Å². The lowest BCUT2D eigenvalue weighted by Gasteiger charge is -2.39. The minimum Gasteiger partial charge on any atom is -0.375 e. The summed E-state index contributed by atoms with van der Waals surface area (Å²) in [5, 5.41) is 3.12. The summed E-state index contributed by atoms with van der Waals surface area (Å²) >= 11 is 1.64. The second kappa shape index (κ2) is 7.63. The van der Waals surface area contributed by atoms with Crippen molar-refractivity contribution in [3.8, 4) is 0 Å². The lowest BCUT2D eigenvalue weighted by Crippen LogP contribution is -2.56. The van der Waals surface area contributed by atoms with Crippen LogP contribution in [0.4, 0.5) is 0 Å². The topological polar surface area (TPSA) is 54.8 Å². The van der Waals surface area contributed by atoms with E-state index < -0.39 is 0 Å². The first kappa shape index (κ1) is 18.7. The first-order valence-corrected chi connectivity index (χ1v) is 9.59. The molecule has 0 aliphatic carbocycles. The predicted octanol–water partition coefficient (Wildman–Crippen LogP) is 2.60. The third kappa shape index (κ3) is 3.54. The van der Waals surface area contributed by atoms with Gasteiger partial charge in [0.15, 0.2) is 0 Å². The molecule has 3 rings (SSSR count). The van der Waals surface area contributed by atoms with Crippen LogP contribution in [-0.2, 0) is 16.1 Å². The second-order valence-corrected chi connectivity index (χ2v) is 7.77. The van der Waals surface area contributed by atoms with Gasteiger partial charge in [0.1, 0.15) is 17.1 Å². The second-order valence-electron chi connectivity index (χ2n) is 6.87. The summed E-state index contributed by atoms with van der Waals surface area (Å²) < 4.78 is 7.00. The standard InChI is InChI=1S/C19H25N3O3S/c1-13(2)10-22-16(9-15-5-8-26-19(15)22)18(24)20-6-7-21(14(3)11-20)17(23)12-25-4/h5,8-9,14H,1,6-7,10-12H2,2-4H3/t14-/m0/s1. The molecule has 6 nitrogen and oxygen atoms in total. The summed E-state index contributed by atoms with van der Waals surface area (Å²) in [5.74, 6) is -0.0152. The lowest BCUT2D eigenvalue weighted by atomic mass is 10.1. The van der Waals surface area contributed by atoms with Crippen LogP contribution in [0.5, 0.6) is 0 Å². The summed E-state index contributed by atoms with van der Waals surface area (Å²) in [7, 11) is 1.52. The van der Waals surface area contributed by atoms with Crippen LogP contribution in [0.1, 0.15) is 24.3 Å². The fraction of sp³-hybridized carbons (Fsp3) is 0.474. The highest BCUT2D eigenvalue weighted by Crippen LogP contribution is 2.27. The molecule has 0 bridgehead atoms. The molecule has 0 spiro atoms. The highest BCUT2D eigenvalue weighted by molar-refractivity contribution is 7.16. The number of carbonyl (C=O) groups excluding carboxylic acids is 2. The van der Waals surface area contributed by atoms with E-state index in [0.717, 1.165) is 15.8 Å². The number of methoxy groups -OCH3 is 1. The molecule has 0 saturated carbocycles. The maximum absolute atomic E-state index is 13.2. The number of hydrogen-bond acceptors (Lipinski definition) is 4. The molecule has 140 valence electrons. The minimum atomic E-state index is -0.0294. The first-order valence-electron chi connectivity index (χ1n) is 8.71. The zero-order chi connectivity index (χ0) is 18.8. The number of hydrogen-bond donors (Lipinski definition) is 0. The number of nitrogens with zero attached hydrogens (tertiary/aromatic N) is 3. The Bertz CT molecular complexity index is 838. The van der Waals surface area contributed by atoms with Gasteiger partial charge in [-0.25, -0.2) is 0 Å². The van der Waals surface area contributed by atoms with E-state index in [1.54, 1.807) is 16.2 Å². The van der Waals surface area contributed by atoms with E-state index in [2.05, 4.69) is 11.1 Å². The van der Waals surface area contributed by atoms with Gasteiger partial charge in [-0.05, 0) is 31.4 Å². The first-order chi connectivity index (χ1) is 12.4. The average Bonchev–Trinajstić information content (AvgIpc) is 3.16. The quantitative estimate of drug-likeness (QED) is 0.755. The van der Waals surface area contributed by atoms with E-state index in [-0.39, 0.29) is 24.5 Å². The van der Waals surface area contributed by atoms with Crippen LogP contribution in [-0.4, -0.2) is 65.6 Å². The van der Waals surface area contributed by atoms with Crippen molar-refractivity contribution in [3.63, 3.8) is 0 Å². The minimum absolute atomic E-state index is 0.0142. The van der Waals surface area contributed by atoms with Gasteiger partial charge >= 0.3 is 0 Å². The van der Waals surface area contributed by atoms with Crippen LogP contribution in [0, 0.1) is 0 Å². The van der Waals surface area contributed by atoms with Crippen LogP contribution >= 0.6 is 11.3 Å². The number of thiophene rings is 1. The fourth-order valence-electron chi connectivity index (χ4n) is 3.46. The summed E-state index contributed by atoms with van der Waals surface area (Å²) in [6.07, 6.45) is 0. The Morgan fingerprint density at radius 1 is 1.38 bits per heavy atom. The van der Waals surface area contributed by atoms with Gasteiger partial charge in [-0.2, -0.15) is 0 Å². The predicted molar refractivity (Wildman–Crippen MR) is 104 cm³/mol. The SMILES string of the molecule is C=C(C)Cn1c(C(=O)N2CCN(C(=O)COC)[C@@H](C)C2)cc2ccsc21. The largest absolute Gasteiger partial charge is 0.375 e. The Morgan fingerprint density at radius 3 is 2.81 bits per heavy atom. The number of allylic oxidation sites excluding steroid dienone is 1. The maximum Gasteiger partial charge on any atom is 0.270 e. The van der Waals surface area contributed by atoms with Crippen LogP contribution in [0.2, 0.25) is 0 Å². The van der Waals surface area contributed by atoms with E-state index in [0.29, 0.717) is 31.9 Å². The smallest absolute Gasteiger partial charge is 0.270 e. The van der Waals surface area contributed by atoms with Gasteiger partial charge in [0.25, 0.3) is 5.91 Å². The number of carbonyl (C=O) groups is 2. The van der Waals surface area contributed by atoms with Gasteiger partial charge < -0.3 is 19.1 Å². The van der Waals surface area contributed by atoms with E-state index in [9.17, 15) is 9.59 Å². The fourth-order valence-corrected chi connectivity index (χ4v) is 4.36. The molecule has 0 radical (unpaired) electrons. The lowest BCUT2D eigenvalue weighted by molar-refractivity contribution is -0.139. The molecule has 0 aromatic carbocycles. The number of aromatic nitrogens is 1. The van der Waals surface area contributed by atoms with E-state index in [4.69, 9.17) is 4.74 Å². The van der Waals surface area contributed by atoms with E-state index in [1.165, 1.54) is 7.11 Å². The summed E-state index contributed by atoms with van der Waals surface area (Å²) in [6.45, 7) is 10.2.